The highest BCUT2D eigenvalue weighted by atomic mass is 19.4. The van der Waals surface area contributed by atoms with E-state index in [0.29, 0.717) is 5.56 Å². The Hall–Kier alpha value is -2.84. The van der Waals surface area contributed by atoms with E-state index in [-0.39, 0.29) is 29.9 Å². The Morgan fingerprint density at radius 1 is 1.39 bits per heavy atom. The van der Waals surface area contributed by atoms with Gasteiger partial charge in [-0.2, -0.15) is 17.9 Å². The molecule has 1 aliphatic heterocycles. The van der Waals surface area contributed by atoms with Crippen molar-refractivity contribution in [1.29, 1.82) is 0 Å². The molecule has 1 aliphatic rings. The summed E-state index contributed by atoms with van der Waals surface area (Å²) in [7, 11) is 0. The molecule has 0 radical (unpaired) electrons. The average molecular weight is 325 g/mol. The maximum atomic E-state index is 12.5. The van der Waals surface area contributed by atoms with Gasteiger partial charge in [0.2, 0.25) is 0 Å². The molecule has 1 N–H and O–H groups in total. The smallest absolute Gasteiger partial charge is 0.352 e. The lowest BCUT2D eigenvalue weighted by atomic mass is 10.1. The second-order valence-corrected chi connectivity index (χ2v) is 4.81. The Morgan fingerprint density at radius 2 is 2.17 bits per heavy atom. The average Bonchev–Trinajstić information content (AvgIpc) is 2.87. The SMILES string of the molecule is O=C1NCCc2c1cc(-c1cccnc1)n2OC(=O)C(F)(F)F. The van der Waals surface area contributed by atoms with E-state index < -0.39 is 18.1 Å². The van der Waals surface area contributed by atoms with Crippen molar-refractivity contribution in [2.45, 2.75) is 12.6 Å². The molecule has 0 bridgehead atoms. The lowest BCUT2D eigenvalue weighted by Crippen LogP contribution is -2.37. The van der Waals surface area contributed by atoms with Crippen molar-refractivity contribution in [2.24, 2.45) is 0 Å². The van der Waals surface area contributed by atoms with E-state index in [1.54, 1.807) is 12.1 Å². The van der Waals surface area contributed by atoms with Gasteiger partial charge < -0.3 is 10.2 Å². The monoisotopic (exact) mass is 325 g/mol. The van der Waals surface area contributed by atoms with Crippen LogP contribution >= 0.6 is 0 Å². The fourth-order valence-corrected chi connectivity index (χ4v) is 2.31. The van der Waals surface area contributed by atoms with Crippen LogP contribution in [0.4, 0.5) is 13.2 Å². The molecule has 2 aromatic rings. The first-order valence-electron chi connectivity index (χ1n) is 6.60. The Balaban J connectivity index is 2.12. The van der Waals surface area contributed by atoms with Crippen molar-refractivity contribution in [3.05, 3.63) is 41.9 Å². The standard InChI is InChI=1S/C14H10F3N3O3/c15-14(16,17)13(22)23-20-10-3-5-19-12(21)9(10)6-11(20)8-2-1-4-18-7-8/h1-2,4,6-7H,3,5H2,(H,19,21). The summed E-state index contributed by atoms with van der Waals surface area (Å²) in [5, 5.41) is 2.58. The first-order chi connectivity index (χ1) is 10.9. The zero-order valence-electron chi connectivity index (χ0n) is 11.6. The molecule has 23 heavy (non-hydrogen) atoms. The van der Waals surface area contributed by atoms with Gasteiger partial charge in [-0.15, -0.1) is 0 Å². The van der Waals surface area contributed by atoms with Crippen molar-refractivity contribution in [3.8, 4) is 11.3 Å². The predicted octanol–water partition coefficient (Wildman–Crippen LogP) is 1.35. The van der Waals surface area contributed by atoms with Crippen LogP contribution < -0.4 is 10.2 Å². The predicted molar refractivity (Wildman–Crippen MR) is 71.3 cm³/mol. The summed E-state index contributed by atoms with van der Waals surface area (Å²) < 4.78 is 38.3. The van der Waals surface area contributed by atoms with Gasteiger partial charge >= 0.3 is 12.1 Å². The Labute approximate surface area is 127 Å². The van der Waals surface area contributed by atoms with Crippen LogP contribution in [0.25, 0.3) is 11.3 Å². The van der Waals surface area contributed by atoms with E-state index in [2.05, 4.69) is 15.1 Å². The van der Waals surface area contributed by atoms with E-state index in [0.717, 1.165) is 4.73 Å². The molecule has 6 nitrogen and oxygen atoms in total. The molecule has 1 amide bonds. The molecule has 0 spiro atoms. The normalized spacial score (nSPS) is 14.1. The number of amides is 1. The lowest BCUT2D eigenvalue weighted by Gasteiger charge is -2.17. The molecule has 0 saturated carbocycles. The number of pyridine rings is 1. The number of nitrogens with one attached hydrogen (secondary N) is 1. The van der Waals surface area contributed by atoms with Gasteiger partial charge in [-0.25, -0.2) is 4.79 Å². The number of fused-ring (bicyclic) bond motifs is 1. The van der Waals surface area contributed by atoms with E-state index in [4.69, 9.17) is 0 Å². The molecule has 9 heteroatoms. The maximum absolute atomic E-state index is 12.5. The molecular weight excluding hydrogens is 315 g/mol. The van der Waals surface area contributed by atoms with Gasteiger partial charge in [0, 0.05) is 30.9 Å². The molecule has 0 saturated heterocycles. The Bertz CT molecular complexity index is 769. The van der Waals surface area contributed by atoms with E-state index in [1.165, 1.54) is 18.5 Å². The zero-order valence-corrected chi connectivity index (χ0v) is 11.6. The molecule has 3 heterocycles. The minimum absolute atomic E-state index is 0.151. The Kier molecular flexibility index (Phi) is 3.55. The van der Waals surface area contributed by atoms with Crippen molar-refractivity contribution in [2.75, 3.05) is 6.54 Å². The molecule has 0 aliphatic carbocycles. The van der Waals surface area contributed by atoms with Crippen LogP contribution in [0.1, 0.15) is 16.1 Å². The van der Waals surface area contributed by atoms with Gasteiger partial charge in [-0.3, -0.25) is 9.78 Å². The van der Waals surface area contributed by atoms with E-state index in [1.807, 2.05) is 0 Å². The number of nitrogens with zero attached hydrogens (tertiary/aromatic N) is 2. The molecule has 0 atom stereocenters. The van der Waals surface area contributed by atoms with Crippen LogP contribution in [0.2, 0.25) is 0 Å². The number of aromatic nitrogens is 2. The van der Waals surface area contributed by atoms with Crippen molar-refractivity contribution < 1.29 is 27.6 Å². The van der Waals surface area contributed by atoms with Crippen LogP contribution in [0.15, 0.2) is 30.6 Å². The molecule has 0 aromatic carbocycles. The molecule has 120 valence electrons. The molecular formula is C14H10F3N3O3. The largest absolute Gasteiger partial charge is 0.493 e. The van der Waals surface area contributed by atoms with Crippen LogP contribution in [0, 0.1) is 0 Å². The first kappa shape index (κ1) is 15.1. The van der Waals surface area contributed by atoms with Gasteiger partial charge in [0.15, 0.2) is 0 Å². The van der Waals surface area contributed by atoms with Crippen LogP contribution in [0.5, 0.6) is 0 Å². The highest BCUT2D eigenvalue weighted by Crippen LogP contribution is 2.27. The van der Waals surface area contributed by atoms with Crippen LogP contribution in [-0.4, -0.2) is 34.3 Å². The molecule has 3 rings (SSSR count). The highest BCUT2D eigenvalue weighted by molar-refractivity contribution is 5.98. The summed E-state index contributed by atoms with van der Waals surface area (Å²) in [4.78, 5) is 31.4. The topological polar surface area (TPSA) is 73.2 Å². The second-order valence-electron chi connectivity index (χ2n) is 4.81. The van der Waals surface area contributed by atoms with Gasteiger partial charge in [0.05, 0.1) is 17.0 Å². The quantitative estimate of drug-likeness (QED) is 0.905. The summed E-state index contributed by atoms with van der Waals surface area (Å²) in [6, 6.07) is 4.55. The summed E-state index contributed by atoms with van der Waals surface area (Å²) in [6.45, 7) is 0.242. The molecule has 0 fully saturated rings. The minimum atomic E-state index is -5.14. The fourth-order valence-electron chi connectivity index (χ4n) is 2.31. The number of carbonyl (C=O) groups is 2. The van der Waals surface area contributed by atoms with Crippen LogP contribution in [-0.2, 0) is 11.2 Å². The third-order valence-electron chi connectivity index (χ3n) is 3.31. The zero-order chi connectivity index (χ0) is 16.6. The number of alkyl halides is 3. The van der Waals surface area contributed by atoms with E-state index >= 15 is 0 Å². The summed E-state index contributed by atoms with van der Waals surface area (Å²) in [5.41, 5.74) is 0.956. The number of carbonyl (C=O) groups excluding carboxylic acids is 2. The Morgan fingerprint density at radius 3 is 2.83 bits per heavy atom. The maximum Gasteiger partial charge on any atom is 0.493 e. The molecule has 0 unspecified atom stereocenters. The summed E-state index contributed by atoms with van der Waals surface area (Å²) in [5.74, 6) is -2.79. The van der Waals surface area contributed by atoms with Crippen LogP contribution in [0.3, 0.4) is 0 Å². The minimum Gasteiger partial charge on any atom is -0.352 e. The van der Waals surface area contributed by atoms with E-state index in [9.17, 15) is 22.8 Å². The number of hydrogen-bond donors (Lipinski definition) is 1. The molecule has 2 aromatic heterocycles. The fraction of sp³-hybridized carbons (Fsp3) is 0.214. The third kappa shape index (κ3) is 2.77. The van der Waals surface area contributed by atoms with Crippen molar-refractivity contribution >= 4 is 11.9 Å². The van der Waals surface area contributed by atoms with Gasteiger partial charge in [0.25, 0.3) is 5.91 Å². The van der Waals surface area contributed by atoms with Gasteiger partial charge in [0.1, 0.15) is 0 Å². The third-order valence-corrected chi connectivity index (χ3v) is 3.31. The number of halogens is 3. The van der Waals surface area contributed by atoms with Crippen molar-refractivity contribution in [1.82, 2.24) is 15.0 Å². The second kappa shape index (κ2) is 5.41. The van der Waals surface area contributed by atoms with Gasteiger partial charge in [-0.05, 0) is 18.2 Å². The first-order valence-corrected chi connectivity index (χ1v) is 6.60. The van der Waals surface area contributed by atoms with Crippen molar-refractivity contribution in [3.63, 3.8) is 0 Å². The summed E-state index contributed by atoms with van der Waals surface area (Å²) in [6.07, 6.45) is -2.01. The van der Waals surface area contributed by atoms with Gasteiger partial charge in [-0.1, -0.05) is 0 Å². The lowest BCUT2D eigenvalue weighted by molar-refractivity contribution is -0.199. The number of hydrogen-bond acceptors (Lipinski definition) is 4. The number of rotatable bonds is 2. The highest BCUT2D eigenvalue weighted by Gasteiger charge is 2.43. The summed E-state index contributed by atoms with van der Waals surface area (Å²) >= 11 is 0.